The molecule has 3 rings (SSSR count). The summed E-state index contributed by atoms with van der Waals surface area (Å²) in [6.45, 7) is 0. The number of phenolic OH excluding ortho intramolecular Hbond substituents is 1. The van der Waals surface area contributed by atoms with Crippen molar-refractivity contribution in [3.05, 3.63) is 64.4 Å². The number of nitrogens with zero attached hydrogens (tertiary/aromatic N) is 2. The van der Waals surface area contributed by atoms with E-state index in [0.29, 0.717) is 17.7 Å². The van der Waals surface area contributed by atoms with Crippen LogP contribution in [0.3, 0.4) is 0 Å². The molecule has 0 aromatic heterocycles. The molecule has 0 radical (unpaired) electrons. The number of benzene rings is 2. The van der Waals surface area contributed by atoms with E-state index in [2.05, 4.69) is 10.2 Å². The fourth-order valence-electron chi connectivity index (χ4n) is 2.05. The Morgan fingerprint density at radius 3 is 2.45 bits per heavy atom. The third-order valence-corrected chi connectivity index (χ3v) is 3.41. The van der Waals surface area contributed by atoms with Gasteiger partial charge in [0.25, 0.3) is 0 Å². The van der Waals surface area contributed by atoms with Gasteiger partial charge in [-0.25, -0.2) is 4.39 Å². The summed E-state index contributed by atoms with van der Waals surface area (Å²) in [6.07, 6.45) is 0.472. The van der Waals surface area contributed by atoms with Gasteiger partial charge in [0.15, 0.2) is 0 Å². The third kappa shape index (κ3) is 2.30. The number of para-hydroxylation sites is 1. The monoisotopic (exact) mass is 288 g/mol. The Hall–Kier alpha value is -2.20. The summed E-state index contributed by atoms with van der Waals surface area (Å²) in [5.41, 5.74) is 2.76. The maximum absolute atomic E-state index is 12.9. The summed E-state index contributed by atoms with van der Waals surface area (Å²) in [5.74, 6) is -0.288. The fraction of sp³-hybridized carbons (Fsp3) is 0.0667. The molecule has 0 bridgehead atoms. The topological polar surface area (TPSA) is 45.0 Å². The van der Waals surface area contributed by atoms with E-state index in [9.17, 15) is 9.50 Å². The molecule has 0 aliphatic carbocycles. The highest BCUT2D eigenvalue weighted by Crippen LogP contribution is 2.30. The zero-order chi connectivity index (χ0) is 14.1. The minimum absolute atomic E-state index is 0.00322. The van der Waals surface area contributed by atoms with E-state index in [0.717, 1.165) is 11.3 Å². The molecule has 0 fully saturated rings. The maximum Gasteiger partial charge on any atom is 0.143 e. The lowest BCUT2D eigenvalue weighted by atomic mass is 10.0. The van der Waals surface area contributed by atoms with Crippen molar-refractivity contribution in [3.63, 3.8) is 0 Å². The molecule has 1 aliphatic heterocycles. The van der Waals surface area contributed by atoms with Gasteiger partial charge in [-0.05, 0) is 29.8 Å². The number of halogens is 2. The lowest BCUT2D eigenvalue weighted by molar-refractivity contribution is 0.474. The summed E-state index contributed by atoms with van der Waals surface area (Å²) in [4.78, 5) is 0. The van der Waals surface area contributed by atoms with E-state index in [1.807, 2.05) is 0 Å². The minimum Gasteiger partial charge on any atom is -0.506 e. The second-order valence-electron chi connectivity index (χ2n) is 4.41. The van der Waals surface area contributed by atoms with Gasteiger partial charge in [-0.1, -0.05) is 29.8 Å². The van der Waals surface area contributed by atoms with Crippen molar-refractivity contribution < 1.29 is 9.50 Å². The maximum atomic E-state index is 12.9. The van der Waals surface area contributed by atoms with E-state index in [1.165, 1.54) is 12.1 Å². The van der Waals surface area contributed by atoms with Crippen LogP contribution in [-0.4, -0.2) is 16.5 Å². The number of hydrogen-bond acceptors (Lipinski definition) is 3. The van der Waals surface area contributed by atoms with Gasteiger partial charge in [0.2, 0.25) is 0 Å². The van der Waals surface area contributed by atoms with Gasteiger partial charge in [-0.15, -0.1) is 0 Å². The van der Waals surface area contributed by atoms with Crippen molar-refractivity contribution in [2.24, 2.45) is 10.2 Å². The van der Waals surface area contributed by atoms with Crippen molar-refractivity contribution in [2.45, 2.75) is 6.42 Å². The summed E-state index contributed by atoms with van der Waals surface area (Å²) >= 11 is 5.88. The SMILES string of the molecule is Oc1c(Cl)cccc1C1=NN=C(c2ccc(F)cc2)C1. The first-order valence-electron chi connectivity index (χ1n) is 6.02. The fourth-order valence-corrected chi connectivity index (χ4v) is 2.22. The Kier molecular flexibility index (Phi) is 3.24. The standard InChI is InChI=1S/C15H10ClFN2O/c16-12-3-1-2-11(15(12)20)14-8-13(18-19-14)9-4-6-10(17)7-5-9/h1-7,20H,8H2. The molecule has 0 spiro atoms. The van der Waals surface area contributed by atoms with Crippen molar-refractivity contribution in [2.75, 3.05) is 0 Å². The largest absolute Gasteiger partial charge is 0.506 e. The molecule has 2 aromatic carbocycles. The lowest BCUT2D eigenvalue weighted by Crippen LogP contribution is -2.05. The highest BCUT2D eigenvalue weighted by Gasteiger charge is 2.19. The van der Waals surface area contributed by atoms with Gasteiger partial charge in [-0.3, -0.25) is 0 Å². The van der Waals surface area contributed by atoms with Crippen molar-refractivity contribution in [3.8, 4) is 5.75 Å². The number of rotatable bonds is 2. The van der Waals surface area contributed by atoms with Crippen LogP contribution in [0.1, 0.15) is 17.5 Å². The van der Waals surface area contributed by atoms with Gasteiger partial charge in [0.1, 0.15) is 11.6 Å². The van der Waals surface area contributed by atoms with Crippen LogP contribution in [0.5, 0.6) is 5.75 Å². The molecule has 5 heteroatoms. The second kappa shape index (κ2) is 5.06. The third-order valence-electron chi connectivity index (χ3n) is 3.10. The minimum atomic E-state index is -0.291. The molecule has 0 amide bonds. The lowest BCUT2D eigenvalue weighted by Gasteiger charge is -2.05. The van der Waals surface area contributed by atoms with E-state index in [1.54, 1.807) is 30.3 Å². The first-order valence-corrected chi connectivity index (χ1v) is 6.40. The Morgan fingerprint density at radius 2 is 1.70 bits per heavy atom. The quantitative estimate of drug-likeness (QED) is 0.898. The zero-order valence-electron chi connectivity index (χ0n) is 10.3. The summed E-state index contributed by atoms with van der Waals surface area (Å²) < 4.78 is 12.9. The van der Waals surface area contributed by atoms with Crippen LogP contribution in [-0.2, 0) is 0 Å². The zero-order valence-corrected chi connectivity index (χ0v) is 11.1. The molecule has 3 nitrogen and oxygen atoms in total. The number of phenols is 1. The van der Waals surface area contributed by atoms with Crippen molar-refractivity contribution in [1.82, 2.24) is 0 Å². The molecule has 0 unspecified atom stereocenters. The van der Waals surface area contributed by atoms with Crippen molar-refractivity contribution in [1.29, 1.82) is 0 Å². The number of aromatic hydroxyl groups is 1. The predicted molar refractivity (Wildman–Crippen MR) is 77.2 cm³/mol. The molecule has 100 valence electrons. The van der Waals surface area contributed by atoms with Crippen LogP contribution in [0.25, 0.3) is 0 Å². The molecule has 0 saturated heterocycles. The van der Waals surface area contributed by atoms with Crippen LogP contribution < -0.4 is 0 Å². The van der Waals surface area contributed by atoms with E-state index < -0.39 is 0 Å². The van der Waals surface area contributed by atoms with Crippen molar-refractivity contribution >= 4 is 23.0 Å². The molecule has 0 atom stereocenters. The van der Waals surface area contributed by atoms with Crippen LogP contribution in [0.15, 0.2) is 52.7 Å². The van der Waals surface area contributed by atoms with E-state index >= 15 is 0 Å². The molecule has 0 saturated carbocycles. The highest BCUT2D eigenvalue weighted by molar-refractivity contribution is 6.33. The predicted octanol–water partition coefficient (Wildman–Crippen LogP) is 3.78. The Morgan fingerprint density at radius 1 is 1.00 bits per heavy atom. The summed E-state index contributed by atoms with van der Waals surface area (Å²) in [6, 6.07) is 11.2. The Labute approximate surface area is 120 Å². The van der Waals surface area contributed by atoms with Crippen LogP contribution in [0, 0.1) is 5.82 Å². The molecular formula is C15H10ClFN2O. The first-order chi connectivity index (χ1) is 9.65. The average molecular weight is 289 g/mol. The molecule has 1 heterocycles. The summed E-state index contributed by atoms with van der Waals surface area (Å²) in [7, 11) is 0. The smallest absolute Gasteiger partial charge is 0.143 e. The molecule has 20 heavy (non-hydrogen) atoms. The molecule has 2 aromatic rings. The number of hydrogen-bond donors (Lipinski definition) is 1. The van der Waals surface area contributed by atoms with E-state index in [-0.39, 0.29) is 16.6 Å². The van der Waals surface area contributed by atoms with Crippen LogP contribution in [0.4, 0.5) is 4.39 Å². The van der Waals surface area contributed by atoms with Gasteiger partial charge in [-0.2, -0.15) is 10.2 Å². The van der Waals surface area contributed by atoms with E-state index in [4.69, 9.17) is 11.6 Å². The first kappa shape index (κ1) is 12.8. The Balaban J connectivity index is 1.85. The average Bonchev–Trinajstić information content (AvgIpc) is 2.92. The normalized spacial score (nSPS) is 14.1. The van der Waals surface area contributed by atoms with Crippen LogP contribution >= 0.6 is 11.6 Å². The molecule has 1 N–H and O–H groups in total. The van der Waals surface area contributed by atoms with Crippen LogP contribution in [0.2, 0.25) is 5.02 Å². The highest BCUT2D eigenvalue weighted by atomic mass is 35.5. The molecule has 1 aliphatic rings. The van der Waals surface area contributed by atoms with Gasteiger partial charge >= 0.3 is 0 Å². The van der Waals surface area contributed by atoms with Gasteiger partial charge in [0, 0.05) is 12.0 Å². The Bertz CT molecular complexity index is 723. The van der Waals surface area contributed by atoms with Gasteiger partial charge < -0.3 is 5.11 Å². The summed E-state index contributed by atoms with van der Waals surface area (Å²) in [5, 5.41) is 18.4. The second-order valence-corrected chi connectivity index (χ2v) is 4.82. The molecular weight excluding hydrogens is 279 g/mol. The van der Waals surface area contributed by atoms with Gasteiger partial charge in [0.05, 0.1) is 16.4 Å².